The lowest BCUT2D eigenvalue weighted by Crippen LogP contribution is -2.18. The van der Waals surface area contributed by atoms with Crippen LogP contribution in [0.5, 0.6) is 11.5 Å². The van der Waals surface area contributed by atoms with Crippen molar-refractivity contribution in [2.24, 2.45) is 0 Å². The molecule has 152 valence electrons. The summed E-state index contributed by atoms with van der Waals surface area (Å²) in [6.45, 7) is 3.03. The second-order valence-corrected chi connectivity index (χ2v) is 7.66. The highest BCUT2D eigenvalue weighted by Crippen LogP contribution is 2.30. The summed E-state index contributed by atoms with van der Waals surface area (Å²) in [4.78, 5) is 11.0. The summed E-state index contributed by atoms with van der Waals surface area (Å²) >= 11 is 0. The van der Waals surface area contributed by atoms with Crippen molar-refractivity contribution in [3.05, 3.63) is 23.8 Å². The van der Waals surface area contributed by atoms with Crippen LogP contribution >= 0.6 is 0 Å². The third kappa shape index (κ3) is 8.68. The first-order chi connectivity index (χ1) is 13.2. The zero-order chi connectivity index (χ0) is 19.3. The number of aryl methyl sites for hydroxylation is 1. The predicted molar refractivity (Wildman–Crippen MR) is 109 cm³/mol. The average Bonchev–Trinajstić information content (AvgIpc) is 2.67. The zero-order valence-electron chi connectivity index (χ0n) is 16.9. The van der Waals surface area contributed by atoms with Crippen LogP contribution in [0.25, 0.3) is 0 Å². The van der Waals surface area contributed by atoms with E-state index in [2.05, 4.69) is 13.0 Å². The van der Waals surface area contributed by atoms with Crippen LogP contribution in [0.4, 0.5) is 0 Å². The van der Waals surface area contributed by atoms with Gasteiger partial charge in [0.05, 0.1) is 12.7 Å². The first-order valence-corrected chi connectivity index (χ1v) is 10.8. The number of benzene rings is 1. The summed E-state index contributed by atoms with van der Waals surface area (Å²) in [7, 11) is 0. The Kier molecular flexibility index (Phi) is 10.1. The molecular formula is C23H36O4. The van der Waals surface area contributed by atoms with Crippen molar-refractivity contribution in [2.75, 3.05) is 6.61 Å². The highest BCUT2D eigenvalue weighted by atomic mass is 16.5. The van der Waals surface area contributed by atoms with Crippen LogP contribution in [-0.4, -0.2) is 23.8 Å². The van der Waals surface area contributed by atoms with E-state index < -0.39 is 5.97 Å². The number of fused-ring (bicyclic) bond motifs is 1. The summed E-state index contributed by atoms with van der Waals surface area (Å²) in [6.07, 6.45) is 13.9. The molecule has 1 aromatic carbocycles. The van der Waals surface area contributed by atoms with Crippen LogP contribution in [0.1, 0.15) is 89.5 Å². The Morgan fingerprint density at radius 3 is 2.59 bits per heavy atom. The largest absolute Gasteiger partial charge is 0.493 e. The van der Waals surface area contributed by atoms with Crippen LogP contribution in [0.3, 0.4) is 0 Å². The molecule has 1 aliphatic heterocycles. The van der Waals surface area contributed by atoms with E-state index in [1.807, 2.05) is 12.1 Å². The van der Waals surface area contributed by atoms with Gasteiger partial charge in [-0.3, -0.25) is 4.79 Å². The SMILES string of the molecule is CCCCCCCCCCC(CCC(=O)O)Oc1ccc2c(c1)CCCO2. The Balaban J connectivity index is 1.76. The number of aliphatic carboxylic acids is 1. The maximum absolute atomic E-state index is 11.0. The smallest absolute Gasteiger partial charge is 0.303 e. The standard InChI is InChI=1S/C23H36O4/c1-2-3-4-5-6-7-8-9-12-20(14-16-23(24)25)27-21-13-15-22-19(18-21)11-10-17-26-22/h13,15,18,20H,2-12,14,16-17H2,1H3,(H,24,25). The second kappa shape index (κ2) is 12.6. The molecule has 0 aromatic heterocycles. The molecule has 1 aromatic rings. The third-order valence-electron chi connectivity index (χ3n) is 5.24. The molecule has 0 saturated heterocycles. The normalized spacial score (nSPS) is 14.3. The van der Waals surface area contributed by atoms with Crippen molar-refractivity contribution in [3.63, 3.8) is 0 Å². The quantitative estimate of drug-likeness (QED) is 0.395. The number of hydrogen-bond acceptors (Lipinski definition) is 3. The molecule has 1 aliphatic rings. The van der Waals surface area contributed by atoms with Gasteiger partial charge >= 0.3 is 5.97 Å². The minimum Gasteiger partial charge on any atom is -0.493 e. The molecule has 0 spiro atoms. The van der Waals surface area contributed by atoms with Crippen molar-refractivity contribution in [1.82, 2.24) is 0 Å². The van der Waals surface area contributed by atoms with E-state index in [1.165, 1.54) is 50.5 Å². The Labute approximate surface area is 164 Å². The molecule has 1 unspecified atom stereocenters. The minimum absolute atomic E-state index is 0.0243. The van der Waals surface area contributed by atoms with E-state index in [0.29, 0.717) is 6.42 Å². The number of carboxylic acids is 1. The Morgan fingerprint density at radius 2 is 1.85 bits per heavy atom. The number of unbranched alkanes of at least 4 members (excludes halogenated alkanes) is 7. The van der Waals surface area contributed by atoms with Crippen molar-refractivity contribution in [3.8, 4) is 11.5 Å². The van der Waals surface area contributed by atoms with Gasteiger partial charge in [-0.05, 0) is 55.9 Å². The summed E-state index contributed by atoms with van der Waals surface area (Å²) in [5.41, 5.74) is 1.20. The van der Waals surface area contributed by atoms with E-state index in [-0.39, 0.29) is 12.5 Å². The van der Waals surface area contributed by atoms with Gasteiger partial charge in [-0.1, -0.05) is 51.9 Å². The van der Waals surface area contributed by atoms with Gasteiger partial charge in [-0.25, -0.2) is 0 Å². The number of ether oxygens (including phenoxy) is 2. The fraction of sp³-hybridized carbons (Fsp3) is 0.696. The molecule has 0 saturated carbocycles. The van der Waals surface area contributed by atoms with Gasteiger partial charge in [-0.15, -0.1) is 0 Å². The molecule has 0 radical (unpaired) electrons. The van der Waals surface area contributed by atoms with Crippen LogP contribution in [-0.2, 0) is 11.2 Å². The van der Waals surface area contributed by atoms with Gasteiger partial charge in [0, 0.05) is 6.42 Å². The van der Waals surface area contributed by atoms with Gasteiger partial charge in [0.2, 0.25) is 0 Å². The van der Waals surface area contributed by atoms with E-state index in [0.717, 1.165) is 43.8 Å². The molecule has 0 aliphatic carbocycles. The summed E-state index contributed by atoms with van der Waals surface area (Å²) in [6, 6.07) is 6.00. The Bertz CT molecular complexity index is 555. The monoisotopic (exact) mass is 376 g/mol. The molecule has 1 N–H and O–H groups in total. The predicted octanol–water partition coefficient (Wildman–Crippen LogP) is 6.15. The summed E-state index contributed by atoms with van der Waals surface area (Å²) in [5, 5.41) is 9.03. The molecule has 1 heterocycles. The van der Waals surface area contributed by atoms with Gasteiger partial charge in [0.15, 0.2) is 0 Å². The van der Waals surface area contributed by atoms with Crippen LogP contribution in [0.15, 0.2) is 18.2 Å². The van der Waals surface area contributed by atoms with E-state index in [4.69, 9.17) is 14.6 Å². The molecular weight excluding hydrogens is 340 g/mol. The highest BCUT2D eigenvalue weighted by Gasteiger charge is 2.15. The van der Waals surface area contributed by atoms with Crippen LogP contribution in [0, 0.1) is 0 Å². The van der Waals surface area contributed by atoms with Crippen molar-refractivity contribution >= 4 is 5.97 Å². The summed E-state index contributed by atoms with van der Waals surface area (Å²) in [5.74, 6) is 1.05. The molecule has 27 heavy (non-hydrogen) atoms. The third-order valence-corrected chi connectivity index (χ3v) is 5.24. The number of carbonyl (C=O) groups is 1. The zero-order valence-corrected chi connectivity index (χ0v) is 16.9. The Morgan fingerprint density at radius 1 is 1.11 bits per heavy atom. The lowest BCUT2D eigenvalue weighted by Gasteiger charge is -2.21. The van der Waals surface area contributed by atoms with Crippen LogP contribution < -0.4 is 9.47 Å². The van der Waals surface area contributed by atoms with E-state index in [9.17, 15) is 4.79 Å². The van der Waals surface area contributed by atoms with Gasteiger partial charge in [0.25, 0.3) is 0 Å². The Hall–Kier alpha value is -1.71. The molecule has 1 atom stereocenters. The van der Waals surface area contributed by atoms with Gasteiger partial charge in [-0.2, -0.15) is 0 Å². The number of hydrogen-bond donors (Lipinski definition) is 1. The van der Waals surface area contributed by atoms with Crippen LogP contribution in [0.2, 0.25) is 0 Å². The van der Waals surface area contributed by atoms with E-state index >= 15 is 0 Å². The van der Waals surface area contributed by atoms with Gasteiger partial charge in [0.1, 0.15) is 11.5 Å². The van der Waals surface area contributed by atoms with Crippen molar-refractivity contribution < 1.29 is 19.4 Å². The van der Waals surface area contributed by atoms with Crippen molar-refractivity contribution in [1.29, 1.82) is 0 Å². The molecule has 0 fully saturated rings. The number of rotatable bonds is 14. The average molecular weight is 377 g/mol. The molecule has 2 rings (SSSR count). The maximum atomic E-state index is 11.0. The molecule has 0 amide bonds. The second-order valence-electron chi connectivity index (χ2n) is 7.66. The highest BCUT2D eigenvalue weighted by molar-refractivity contribution is 5.66. The van der Waals surface area contributed by atoms with Crippen molar-refractivity contribution in [2.45, 2.75) is 96.5 Å². The lowest BCUT2D eigenvalue weighted by molar-refractivity contribution is -0.137. The molecule has 4 heteroatoms. The number of carboxylic acid groups (broad SMARTS) is 1. The lowest BCUT2D eigenvalue weighted by atomic mass is 10.0. The van der Waals surface area contributed by atoms with E-state index in [1.54, 1.807) is 0 Å². The minimum atomic E-state index is -0.752. The molecule has 0 bridgehead atoms. The first kappa shape index (κ1) is 21.6. The fourth-order valence-corrected chi connectivity index (χ4v) is 3.66. The maximum Gasteiger partial charge on any atom is 0.303 e. The topological polar surface area (TPSA) is 55.8 Å². The molecule has 4 nitrogen and oxygen atoms in total. The first-order valence-electron chi connectivity index (χ1n) is 10.8. The fourth-order valence-electron chi connectivity index (χ4n) is 3.66. The summed E-state index contributed by atoms with van der Waals surface area (Å²) < 4.78 is 11.8. The van der Waals surface area contributed by atoms with Gasteiger partial charge < -0.3 is 14.6 Å².